The van der Waals surface area contributed by atoms with Crippen molar-refractivity contribution in [3.8, 4) is 5.75 Å². The molecule has 0 bridgehead atoms. The van der Waals surface area contributed by atoms with Crippen molar-refractivity contribution < 1.29 is 14.3 Å². The van der Waals surface area contributed by atoms with E-state index in [1.807, 2.05) is 18.2 Å². The predicted octanol–water partition coefficient (Wildman–Crippen LogP) is 2.99. The van der Waals surface area contributed by atoms with Crippen LogP contribution in [0, 0.1) is 0 Å². The Morgan fingerprint density at radius 3 is 2.78 bits per heavy atom. The molecule has 0 aromatic heterocycles. The zero-order valence-electron chi connectivity index (χ0n) is 16.4. The van der Waals surface area contributed by atoms with Crippen LogP contribution in [-0.4, -0.2) is 60.6 Å². The lowest BCUT2D eigenvalue weighted by Crippen LogP contribution is -2.34. The van der Waals surface area contributed by atoms with Gasteiger partial charge in [0.25, 0.3) is 5.91 Å². The second-order valence-corrected chi connectivity index (χ2v) is 7.62. The summed E-state index contributed by atoms with van der Waals surface area (Å²) in [7, 11) is 0. The molecule has 1 aromatic carbocycles. The Bertz CT molecular complexity index is 640. The number of fused-ring (bicyclic) bond motifs is 1. The van der Waals surface area contributed by atoms with Crippen LogP contribution in [0.1, 0.15) is 51.0 Å². The van der Waals surface area contributed by atoms with Gasteiger partial charge in [0.15, 0.2) is 0 Å². The summed E-state index contributed by atoms with van der Waals surface area (Å²) in [5.74, 6) is 1.41. The van der Waals surface area contributed by atoms with Gasteiger partial charge < -0.3 is 15.0 Å². The Kier molecular flexibility index (Phi) is 6.72. The molecule has 6 heteroatoms. The Morgan fingerprint density at radius 1 is 1.19 bits per heavy atom. The molecule has 2 fully saturated rings. The molecular weight excluding hydrogens is 342 g/mol. The van der Waals surface area contributed by atoms with Gasteiger partial charge in [-0.1, -0.05) is 32.0 Å². The number of urea groups is 1. The van der Waals surface area contributed by atoms with E-state index in [4.69, 9.17) is 4.74 Å². The van der Waals surface area contributed by atoms with Crippen molar-refractivity contribution in [1.29, 1.82) is 0 Å². The minimum absolute atomic E-state index is 0.00248. The first-order valence-electron chi connectivity index (χ1n) is 10.1. The van der Waals surface area contributed by atoms with E-state index in [1.165, 1.54) is 10.5 Å². The predicted molar refractivity (Wildman–Crippen MR) is 105 cm³/mol. The normalized spacial score (nSPS) is 19.3. The summed E-state index contributed by atoms with van der Waals surface area (Å²) in [6, 6.07) is 7.90. The van der Waals surface area contributed by atoms with Crippen LogP contribution in [0.5, 0.6) is 5.75 Å². The molecular formula is C21H31N3O3. The summed E-state index contributed by atoms with van der Waals surface area (Å²) in [6.07, 6.45) is 3.54. The molecule has 2 heterocycles. The van der Waals surface area contributed by atoms with Crippen LogP contribution >= 0.6 is 0 Å². The maximum atomic E-state index is 12.2. The molecule has 0 spiro atoms. The Labute approximate surface area is 161 Å². The molecule has 1 unspecified atom stereocenters. The Hall–Kier alpha value is -2.08. The van der Waals surface area contributed by atoms with E-state index in [2.05, 4.69) is 25.2 Å². The molecule has 1 aromatic rings. The van der Waals surface area contributed by atoms with Gasteiger partial charge in [-0.15, -0.1) is 0 Å². The number of carbonyl (C=O) groups excluding carboxylic acids is 2. The van der Waals surface area contributed by atoms with E-state index in [9.17, 15) is 9.59 Å². The first kappa shape index (κ1) is 19.7. The topological polar surface area (TPSA) is 61.9 Å². The number of imide groups is 1. The summed E-state index contributed by atoms with van der Waals surface area (Å²) >= 11 is 0. The van der Waals surface area contributed by atoms with E-state index in [0.717, 1.165) is 51.1 Å². The van der Waals surface area contributed by atoms with Gasteiger partial charge in [-0.25, -0.2) is 4.79 Å². The quantitative estimate of drug-likeness (QED) is 0.506. The Balaban J connectivity index is 1.27. The molecule has 2 saturated heterocycles. The van der Waals surface area contributed by atoms with Crippen LogP contribution in [0.25, 0.3) is 0 Å². The largest absolute Gasteiger partial charge is 0.492 e. The molecule has 27 heavy (non-hydrogen) atoms. The van der Waals surface area contributed by atoms with Crippen LogP contribution in [0.2, 0.25) is 0 Å². The number of amides is 3. The third-order valence-corrected chi connectivity index (χ3v) is 5.34. The SMILES string of the molecule is CC(C)c1ccccc1OCCNCCCCN1C(=O)C2CCCN2C1=O. The molecule has 2 aliphatic heterocycles. The first-order valence-corrected chi connectivity index (χ1v) is 10.1. The number of para-hydroxylation sites is 1. The van der Waals surface area contributed by atoms with Gasteiger partial charge in [0.1, 0.15) is 18.4 Å². The lowest BCUT2D eigenvalue weighted by Gasteiger charge is -2.15. The summed E-state index contributed by atoms with van der Waals surface area (Å²) in [5.41, 5.74) is 1.23. The van der Waals surface area contributed by atoms with Crippen molar-refractivity contribution in [2.75, 3.05) is 32.8 Å². The molecule has 3 rings (SSSR count). The summed E-state index contributed by atoms with van der Waals surface area (Å²) < 4.78 is 5.89. The fourth-order valence-electron chi connectivity index (χ4n) is 3.85. The van der Waals surface area contributed by atoms with Gasteiger partial charge in [0.05, 0.1) is 0 Å². The highest BCUT2D eigenvalue weighted by atomic mass is 16.5. The number of carbonyl (C=O) groups is 2. The summed E-state index contributed by atoms with van der Waals surface area (Å²) in [4.78, 5) is 27.6. The third-order valence-electron chi connectivity index (χ3n) is 5.34. The van der Waals surface area contributed by atoms with E-state index in [0.29, 0.717) is 19.1 Å². The highest BCUT2D eigenvalue weighted by Gasteiger charge is 2.46. The number of unbranched alkanes of at least 4 members (excludes halogenated alkanes) is 1. The van der Waals surface area contributed by atoms with E-state index < -0.39 is 0 Å². The average molecular weight is 373 g/mol. The second-order valence-electron chi connectivity index (χ2n) is 7.62. The monoisotopic (exact) mass is 373 g/mol. The first-order chi connectivity index (χ1) is 13.1. The molecule has 6 nitrogen and oxygen atoms in total. The van der Waals surface area contributed by atoms with Crippen LogP contribution < -0.4 is 10.1 Å². The minimum atomic E-state index is -0.179. The smallest absolute Gasteiger partial charge is 0.327 e. The molecule has 1 atom stereocenters. The second kappa shape index (κ2) is 9.22. The summed E-state index contributed by atoms with van der Waals surface area (Å²) in [5, 5.41) is 3.37. The van der Waals surface area contributed by atoms with Crippen LogP contribution in [-0.2, 0) is 4.79 Å². The zero-order chi connectivity index (χ0) is 19.2. The number of hydrogen-bond acceptors (Lipinski definition) is 4. The molecule has 3 amide bonds. The van der Waals surface area contributed by atoms with Crippen LogP contribution in [0.3, 0.4) is 0 Å². The molecule has 0 radical (unpaired) electrons. The molecule has 0 aliphatic carbocycles. The van der Waals surface area contributed by atoms with E-state index in [-0.39, 0.29) is 18.0 Å². The number of nitrogens with one attached hydrogen (secondary N) is 1. The number of benzene rings is 1. The van der Waals surface area contributed by atoms with Crippen molar-refractivity contribution >= 4 is 11.9 Å². The summed E-state index contributed by atoms with van der Waals surface area (Å²) in [6.45, 7) is 7.87. The van der Waals surface area contributed by atoms with Crippen molar-refractivity contribution in [1.82, 2.24) is 15.1 Å². The van der Waals surface area contributed by atoms with Crippen molar-refractivity contribution in [3.05, 3.63) is 29.8 Å². The fraction of sp³-hybridized carbons (Fsp3) is 0.619. The highest BCUT2D eigenvalue weighted by molar-refractivity contribution is 6.04. The third kappa shape index (κ3) is 4.61. The standard InChI is InChI=1S/C21H31N3O3/c1-16(2)17-8-3-4-10-19(17)27-15-12-22-11-5-6-13-24-20(25)18-9-7-14-23(18)21(24)26/h3-4,8,10,16,18,22H,5-7,9,11-15H2,1-2H3. The number of nitrogens with zero attached hydrogens (tertiary/aromatic N) is 2. The van der Waals surface area contributed by atoms with Crippen molar-refractivity contribution in [3.63, 3.8) is 0 Å². The average Bonchev–Trinajstić information content (AvgIpc) is 3.23. The molecule has 1 N–H and O–H groups in total. The number of hydrogen-bond donors (Lipinski definition) is 1. The molecule has 2 aliphatic rings. The van der Waals surface area contributed by atoms with Crippen LogP contribution in [0.4, 0.5) is 4.79 Å². The van der Waals surface area contributed by atoms with Gasteiger partial charge >= 0.3 is 6.03 Å². The van der Waals surface area contributed by atoms with Crippen molar-refractivity contribution in [2.45, 2.75) is 51.5 Å². The van der Waals surface area contributed by atoms with E-state index >= 15 is 0 Å². The van der Waals surface area contributed by atoms with E-state index in [1.54, 1.807) is 4.90 Å². The van der Waals surface area contributed by atoms with Gasteiger partial charge in [0, 0.05) is 19.6 Å². The Morgan fingerprint density at radius 2 is 2.00 bits per heavy atom. The van der Waals surface area contributed by atoms with Crippen molar-refractivity contribution in [2.24, 2.45) is 0 Å². The molecule has 0 saturated carbocycles. The van der Waals surface area contributed by atoms with Gasteiger partial charge in [-0.05, 0) is 49.8 Å². The number of rotatable bonds is 10. The fourth-order valence-corrected chi connectivity index (χ4v) is 3.85. The van der Waals surface area contributed by atoms with Gasteiger partial charge in [0.2, 0.25) is 0 Å². The lowest BCUT2D eigenvalue weighted by molar-refractivity contribution is -0.128. The lowest BCUT2D eigenvalue weighted by atomic mass is 10.0. The molecule has 148 valence electrons. The number of ether oxygens (including phenoxy) is 1. The van der Waals surface area contributed by atoms with Gasteiger partial charge in [-0.3, -0.25) is 9.69 Å². The van der Waals surface area contributed by atoms with Crippen LogP contribution in [0.15, 0.2) is 24.3 Å². The highest BCUT2D eigenvalue weighted by Crippen LogP contribution is 2.27. The minimum Gasteiger partial charge on any atom is -0.492 e. The van der Waals surface area contributed by atoms with Gasteiger partial charge in [-0.2, -0.15) is 0 Å². The zero-order valence-corrected chi connectivity index (χ0v) is 16.4. The maximum absolute atomic E-state index is 12.2. The maximum Gasteiger partial charge on any atom is 0.327 e.